The molecular weight excluding hydrogens is 476 g/mol. The summed E-state index contributed by atoms with van der Waals surface area (Å²) in [4.78, 5) is 19.1. The van der Waals surface area contributed by atoms with Crippen molar-refractivity contribution in [1.29, 1.82) is 5.26 Å². The fourth-order valence-electron chi connectivity index (χ4n) is 3.20. The highest BCUT2D eigenvalue weighted by atomic mass is 35.5. The van der Waals surface area contributed by atoms with Crippen molar-refractivity contribution < 1.29 is 13.5 Å². The van der Waals surface area contributed by atoms with Crippen molar-refractivity contribution in [2.45, 2.75) is 6.61 Å². The minimum atomic E-state index is -0.704. The van der Waals surface area contributed by atoms with E-state index in [1.54, 1.807) is 42.5 Å². The zero-order chi connectivity index (χ0) is 24.8. The van der Waals surface area contributed by atoms with E-state index >= 15 is 0 Å². The van der Waals surface area contributed by atoms with Crippen LogP contribution in [0.1, 0.15) is 16.7 Å². The normalized spacial score (nSPS) is 10.8. The summed E-state index contributed by atoms with van der Waals surface area (Å²) in [7, 11) is 0. The lowest BCUT2D eigenvalue weighted by molar-refractivity contribution is 0.304. The second kappa shape index (κ2) is 10.6. The Morgan fingerprint density at radius 2 is 1.86 bits per heavy atom. The van der Waals surface area contributed by atoms with E-state index in [2.05, 4.69) is 20.5 Å². The summed E-state index contributed by atoms with van der Waals surface area (Å²) >= 11 is 6.09. The van der Waals surface area contributed by atoms with Gasteiger partial charge in [-0.1, -0.05) is 41.9 Å². The van der Waals surface area contributed by atoms with E-state index in [0.29, 0.717) is 27.5 Å². The van der Waals surface area contributed by atoms with Gasteiger partial charge in [-0.3, -0.25) is 9.78 Å². The van der Waals surface area contributed by atoms with Crippen LogP contribution in [0.5, 0.6) is 5.75 Å². The summed E-state index contributed by atoms with van der Waals surface area (Å²) in [6, 6.07) is 18.6. The van der Waals surface area contributed by atoms with Gasteiger partial charge in [-0.15, -0.1) is 0 Å². The van der Waals surface area contributed by atoms with Crippen molar-refractivity contribution in [3.63, 3.8) is 0 Å². The zero-order valence-corrected chi connectivity index (χ0v) is 18.7. The highest BCUT2D eigenvalue weighted by molar-refractivity contribution is 6.30. The fourth-order valence-corrected chi connectivity index (χ4v) is 3.39. The zero-order valence-electron chi connectivity index (χ0n) is 17.9. The molecule has 0 saturated heterocycles. The van der Waals surface area contributed by atoms with E-state index in [4.69, 9.17) is 16.3 Å². The summed E-state index contributed by atoms with van der Waals surface area (Å²) in [5.41, 5.74) is 3.47. The molecule has 35 heavy (non-hydrogen) atoms. The van der Waals surface area contributed by atoms with Crippen LogP contribution in [0, 0.1) is 23.0 Å². The summed E-state index contributed by atoms with van der Waals surface area (Å²) < 4.78 is 32.6. The van der Waals surface area contributed by atoms with Crippen molar-refractivity contribution in [1.82, 2.24) is 9.97 Å². The maximum Gasteiger partial charge on any atom is 0.270 e. The summed E-state index contributed by atoms with van der Waals surface area (Å²) in [6.45, 7) is -0.0878. The van der Waals surface area contributed by atoms with Gasteiger partial charge in [0.15, 0.2) is 0 Å². The topological polar surface area (TPSA) is 103 Å². The lowest BCUT2D eigenvalue weighted by Gasteiger charge is -2.10. The van der Waals surface area contributed by atoms with Crippen LogP contribution >= 0.6 is 11.6 Å². The molecule has 2 N–H and O–H groups in total. The maximum atomic E-state index is 13.4. The van der Waals surface area contributed by atoms with E-state index in [9.17, 15) is 18.8 Å². The molecule has 4 rings (SSSR count). The van der Waals surface area contributed by atoms with Crippen LogP contribution in [0.15, 0.2) is 76.6 Å². The van der Waals surface area contributed by atoms with Gasteiger partial charge in [0.2, 0.25) is 5.95 Å². The number of nitriles is 1. The lowest BCUT2D eigenvalue weighted by atomic mass is 10.1. The average Bonchev–Trinajstić information content (AvgIpc) is 2.83. The van der Waals surface area contributed by atoms with Gasteiger partial charge in [-0.25, -0.2) is 19.2 Å². The number of anilines is 1. The van der Waals surface area contributed by atoms with Crippen LogP contribution < -0.4 is 15.7 Å². The molecule has 0 fully saturated rings. The average molecular weight is 492 g/mol. The van der Waals surface area contributed by atoms with Gasteiger partial charge in [0, 0.05) is 22.2 Å². The summed E-state index contributed by atoms with van der Waals surface area (Å²) in [5.74, 6) is -1.03. The predicted molar refractivity (Wildman–Crippen MR) is 128 cm³/mol. The number of aromatic amines is 1. The number of H-pyrrole nitrogens is 1. The van der Waals surface area contributed by atoms with Crippen LogP contribution in [0.25, 0.3) is 11.3 Å². The molecule has 0 atom stereocenters. The Kier molecular flexibility index (Phi) is 7.14. The third kappa shape index (κ3) is 5.88. The Balaban J connectivity index is 1.56. The highest BCUT2D eigenvalue weighted by Crippen LogP contribution is 2.23. The number of ether oxygens (including phenoxy) is 1. The third-order valence-electron chi connectivity index (χ3n) is 4.74. The second-order valence-electron chi connectivity index (χ2n) is 7.23. The van der Waals surface area contributed by atoms with E-state index in [-0.39, 0.29) is 23.8 Å². The molecule has 0 unspecified atom stereocenters. The Hall–Kier alpha value is -4.55. The minimum absolute atomic E-state index is 0.0174. The molecule has 0 spiro atoms. The van der Waals surface area contributed by atoms with E-state index < -0.39 is 17.2 Å². The van der Waals surface area contributed by atoms with Gasteiger partial charge in [-0.2, -0.15) is 10.4 Å². The van der Waals surface area contributed by atoms with Gasteiger partial charge in [0.05, 0.1) is 11.9 Å². The number of rotatable bonds is 7. The lowest BCUT2D eigenvalue weighted by Crippen LogP contribution is -2.16. The van der Waals surface area contributed by atoms with Crippen LogP contribution in [-0.4, -0.2) is 16.2 Å². The van der Waals surface area contributed by atoms with Crippen molar-refractivity contribution in [2.75, 3.05) is 5.43 Å². The minimum Gasteiger partial charge on any atom is -0.488 e. The molecule has 0 amide bonds. The number of hydrogen-bond donors (Lipinski definition) is 2. The van der Waals surface area contributed by atoms with E-state index in [1.807, 2.05) is 12.1 Å². The Labute approximate surface area is 203 Å². The fraction of sp³-hybridized carbons (Fsp3) is 0.0400. The number of aromatic nitrogens is 2. The molecule has 0 aliphatic rings. The molecule has 1 aromatic heterocycles. The van der Waals surface area contributed by atoms with E-state index in [1.165, 1.54) is 18.3 Å². The first kappa shape index (κ1) is 23.6. The number of benzene rings is 3. The number of hydrogen-bond acceptors (Lipinski definition) is 6. The highest BCUT2D eigenvalue weighted by Gasteiger charge is 2.13. The number of nitrogens with one attached hydrogen (secondary N) is 2. The van der Waals surface area contributed by atoms with Crippen molar-refractivity contribution in [3.05, 3.63) is 110 Å². The van der Waals surface area contributed by atoms with Crippen molar-refractivity contribution in [2.24, 2.45) is 5.10 Å². The van der Waals surface area contributed by atoms with Crippen LogP contribution in [0.4, 0.5) is 14.7 Å². The Morgan fingerprint density at radius 1 is 1.11 bits per heavy atom. The Bertz CT molecular complexity index is 1480. The van der Waals surface area contributed by atoms with Crippen LogP contribution in [0.3, 0.4) is 0 Å². The largest absolute Gasteiger partial charge is 0.488 e. The summed E-state index contributed by atoms with van der Waals surface area (Å²) in [6.07, 6.45) is 1.38. The number of hydrazone groups is 1. The van der Waals surface area contributed by atoms with Gasteiger partial charge in [0.1, 0.15) is 35.6 Å². The molecule has 0 radical (unpaired) electrons. The van der Waals surface area contributed by atoms with Gasteiger partial charge < -0.3 is 4.74 Å². The first-order chi connectivity index (χ1) is 16.9. The first-order valence-corrected chi connectivity index (χ1v) is 10.6. The second-order valence-corrected chi connectivity index (χ2v) is 7.67. The predicted octanol–water partition coefficient (Wildman–Crippen LogP) is 5.27. The third-order valence-corrected chi connectivity index (χ3v) is 4.98. The standard InChI is InChI=1S/C25H16ClF2N5O2/c26-18-6-7-22(35-14-15-8-19(27)11-20(28)9-15)17(10-18)13-30-33-25-31-23(16-4-2-1-3-5-16)21(12-29)24(34)32-25/h1-11,13H,14H2,(H2,31,32,33,34). The van der Waals surface area contributed by atoms with Gasteiger partial charge in [-0.05, 0) is 35.9 Å². The molecule has 0 saturated carbocycles. The smallest absolute Gasteiger partial charge is 0.270 e. The van der Waals surface area contributed by atoms with Crippen LogP contribution in [-0.2, 0) is 6.61 Å². The first-order valence-electron chi connectivity index (χ1n) is 10.2. The SMILES string of the molecule is N#Cc1c(-c2ccccc2)nc(NN=Cc2cc(Cl)ccc2OCc2cc(F)cc(F)c2)[nH]c1=O. The molecular formula is C25H16ClF2N5O2. The van der Waals surface area contributed by atoms with Gasteiger partial charge >= 0.3 is 0 Å². The Morgan fingerprint density at radius 3 is 2.57 bits per heavy atom. The molecule has 174 valence electrons. The van der Waals surface area contributed by atoms with Gasteiger partial charge in [0.25, 0.3) is 5.56 Å². The summed E-state index contributed by atoms with van der Waals surface area (Å²) in [5, 5.41) is 13.9. The van der Waals surface area contributed by atoms with Crippen LogP contribution in [0.2, 0.25) is 5.02 Å². The molecule has 0 bridgehead atoms. The van der Waals surface area contributed by atoms with Crippen molar-refractivity contribution >= 4 is 23.8 Å². The molecule has 3 aromatic carbocycles. The maximum absolute atomic E-state index is 13.4. The molecule has 7 nitrogen and oxygen atoms in total. The molecule has 0 aliphatic heterocycles. The van der Waals surface area contributed by atoms with Crippen molar-refractivity contribution in [3.8, 4) is 23.1 Å². The van der Waals surface area contributed by atoms with E-state index in [0.717, 1.165) is 6.07 Å². The molecule has 10 heteroatoms. The monoisotopic (exact) mass is 491 g/mol. The molecule has 0 aliphatic carbocycles. The molecule has 4 aromatic rings. The quantitative estimate of drug-likeness (QED) is 0.271. The number of nitrogens with zero attached hydrogens (tertiary/aromatic N) is 3. The molecule has 1 heterocycles. The number of halogens is 3.